The highest BCUT2D eigenvalue weighted by molar-refractivity contribution is 6.01. The van der Waals surface area contributed by atoms with Gasteiger partial charge in [-0.1, -0.05) is 35.5 Å². The van der Waals surface area contributed by atoms with Gasteiger partial charge in [-0.2, -0.15) is 0 Å². The maximum Gasteiger partial charge on any atom is 0.251 e. The highest BCUT2D eigenvalue weighted by atomic mass is 16.5. The number of carbonyl (C=O) groups excluding carboxylic acids is 1. The van der Waals surface area contributed by atoms with E-state index in [9.17, 15) is 4.79 Å². The van der Waals surface area contributed by atoms with Gasteiger partial charge in [0.25, 0.3) is 5.91 Å². The highest BCUT2D eigenvalue weighted by Gasteiger charge is 2.29. The van der Waals surface area contributed by atoms with E-state index in [2.05, 4.69) is 17.4 Å². The van der Waals surface area contributed by atoms with E-state index in [1.807, 2.05) is 42.5 Å². The van der Waals surface area contributed by atoms with Crippen LogP contribution in [0.1, 0.15) is 30.1 Å². The van der Waals surface area contributed by atoms with Crippen molar-refractivity contribution in [3.05, 3.63) is 54.1 Å². The van der Waals surface area contributed by atoms with Crippen LogP contribution in [0, 0.1) is 5.92 Å². The van der Waals surface area contributed by atoms with Crippen LogP contribution in [-0.2, 0) is 0 Å². The molecule has 1 atom stereocenters. The Balaban J connectivity index is 1.68. The second-order valence-corrected chi connectivity index (χ2v) is 6.21. The first kappa shape index (κ1) is 14.0. The molecule has 116 valence electrons. The third-order valence-corrected chi connectivity index (χ3v) is 4.46. The average molecular weight is 306 g/mol. The Kier molecular flexibility index (Phi) is 3.37. The van der Waals surface area contributed by atoms with Crippen molar-refractivity contribution in [3.63, 3.8) is 0 Å². The Hall–Kier alpha value is -2.62. The van der Waals surface area contributed by atoms with Crippen LogP contribution in [0.15, 0.2) is 53.1 Å². The predicted octanol–water partition coefficient (Wildman–Crippen LogP) is 4.02. The van der Waals surface area contributed by atoms with Gasteiger partial charge in [-0.25, -0.2) is 0 Å². The van der Waals surface area contributed by atoms with E-state index in [-0.39, 0.29) is 11.9 Å². The molecule has 1 aliphatic rings. The van der Waals surface area contributed by atoms with Crippen LogP contribution in [0.5, 0.6) is 0 Å². The molecule has 0 saturated heterocycles. The number of hydrogen-bond acceptors (Lipinski definition) is 3. The van der Waals surface area contributed by atoms with E-state index in [4.69, 9.17) is 4.52 Å². The van der Waals surface area contributed by atoms with Gasteiger partial charge in [0.05, 0.1) is 5.39 Å². The summed E-state index contributed by atoms with van der Waals surface area (Å²) in [5, 5.41) is 8.04. The van der Waals surface area contributed by atoms with Crippen LogP contribution in [0.3, 0.4) is 0 Å². The van der Waals surface area contributed by atoms with Gasteiger partial charge >= 0.3 is 0 Å². The zero-order valence-corrected chi connectivity index (χ0v) is 13.0. The van der Waals surface area contributed by atoms with Gasteiger partial charge in [-0.3, -0.25) is 4.79 Å². The molecular formula is C19H18N2O2. The van der Waals surface area contributed by atoms with Crippen molar-refractivity contribution >= 4 is 16.8 Å². The lowest BCUT2D eigenvalue weighted by molar-refractivity contribution is 0.0936. The first-order valence-corrected chi connectivity index (χ1v) is 7.98. The summed E-state index contributed by atoms with van der Waals surface area (Å²) in [5.41, 5.74) is 2.36. The van der Waals surface area contributed by atoms with E-state index in [0.717, 1.165) is 16.5 Å². The predicted molar refractivity (Wildman–Crippen MR) is 89.1 cm³/mol. The molecule has 4 heteroatoms. The first-order chi connectivity index (χ1) is 11.2. The molecule has 2 aromatic carbocycles. The first-order valence-electron chi connectivity index (χ1n) is 7.98. The fourth-order valence-electron chi connectivity index (χ4n) is 2.88. The highest BCUT2D eigenvalue weighted by Crippen LogP contribution is 2.33. The van der Waals surface area contributed by atoms with E-state index >= 15 is 0 Å². The molecule has 1 amide bonds. The standard InChI is InChI=1S/C19H18N2O2/c1-12(13-7-8-13)20-19(22)15-9-10-17-16(11-15)18(23-21-17)14-5-3-2-4-6-14/h2-6,9-13H,7-8H2,1H3,(H,20,22)/t12-/m0/s1. The summed E-state index contributed by atoms with van der Waals surface area (Å²) in [6.07, 6.45) is 2.43. The van der Waals surface area contributed by atoms with Crippen LogP contribution in [0.4, 0.5) is 0 Å². The Morgan fingerprint density at radius 3 is 2.74 bits per heavy atom. The molecule has 1 fully saturated rings. The van der Waals surface area contributed by atoms with Crippen molar-refractivity contribution in [2.75, 3.05) is 0 Å². The number of nitrogens with zero attached hydrogens (tertiary/aromatic N) is 1. The Morgan fingerprint density at radius 2 is 2.00 bits per heavy atom. The Morgan fingerprint density at radius 1 is 1.22 bits per heavy atom. The fourth-order valence-corrected chi connectivity index (χ4v) is 2.88. The van der Waals surface area contributed by atoms with Gasteiger partial charge in [-0.15, -0.1) is 0 Å². The van der Waals surface area contributed by atoms with E-state index in [1.165, 1.54) is 12.8 Å². The van der Waals surface area contributed by atoms with Gasteiger partial charge < -0.3 is 9.84 Å². The van der Waals surface area contributed by atoms with Gasteiger partial charge in [0.2, 0.25) is 0 Å². The number of hydrogen-bond donors (Lipinski definition) is 1. The van der Waals surface area contributed by atoms with Crippen LogP contribution in [-0.4, -0.2) is 17.1 Å². The quantitative estimate of drug-likeness (QED) is 0.792. The van der Waals surface area contributed by atoms with Crippen LogP contribution in [0.25, 0.3) is 22.2 Å². The lowest BCUT2D eigenvalue weighted by Gasteiger charge is -2.12. The number of benzene rings is 2. The molecule has 4 rings (SSSR count). The summed E-state index contributed by atoms with van der Waals surface area (Å²) < 4.78 is 5.48. The molecule has 4 nitrogen and oxygen atoms in total. The maximum atomic E-state index is 12.4. The third-order valence-electron chi connectivity index (χ3n) is 4.46. The molecular weight excluding hydrogens is 288 g/mol. The van der Waals surface area contributed by atoms with Gasteiger partial charge in [-0.05, 0) is 43.9 Å². The lowest BCUT2D eigenvalue weighted by Crippen LogP contribution is -2.33. The van der Waals surface area contributed by atoms with Crippen molar-refractivity contribution in [1.29, 1.82) is 0 Å². The second-order valence-electron chi connectivity index (χ2n) is 6.21. The maximum absolute atomic E-state index is 12.4. The molecule has 1 aromatic heterocycles. The zero-order valence-electron chi connectivity index (χ0n) is 13.0. The second kappa shape index (κ2) is 5.54. The minimum absolute atomic E-state index is 0.0356. The minimum atomic E-state index is -0.0356. The average Bonchev–Trinajstić information content (AvgIpc) is 3.35. The summed E-state index contributed by atoms with van der Waals surface area (Å²) in [7, 11) is 0. The third kappa shape index (κ3) is 2.72. The molecule has 23 heavy (non-hydrogen) atoms. The fraction of sp³-hybridized carbons (Fsp3) is 0.263. The number of carbonyl (C=O) groups is 1. The summed E-state index contributed by atoms with van der Waals surface area (Å²) in [4.78, 5) is 12.4. The molecule has 1 N–H and O–H groups in total. The van der Waals surface area contributed by atoms with Crippen molar-refractivity contribution in [2.24, 2.45) is 5.92 Å². The molecule has 3 aromatic rings. The van der Waals surface area contributed by atoms with E-state index < -0.39 is 0 Å². The largest absolute Gasteiger partial charge is 0.355 e. The Labute approximate surface area is 134 Å². The normalized spacial score (nSPS) is 15.5. The van der Waals surface area contributed by atoms with Crippen LogP contribution < -0.4 is 5.32 Å². The summed E-state index contributed by atoms with van der Waals surface area (Å²) in [5.74, 6) is 1.30. The van der Waals surface area contributed by atoms with E-state index in [1.54, 1.807) is 6.07 Å². The van der Waals surface area contributed by atoms with Crippen molar-refractivity contribution in [1.82, 2.24) is 10.5 Å². The molecule has 0 bridgehead atoms. The van der Waals surface area contributed by atoms with E-state index in [0.29, 0.717) is 17.2 Å². The smallest absolute Gasteiger partial charge is 0.251 e. The van der Waals surface area contributed by atoms with Crippen molar-refractivity contribution in [2.45, 2.75) is 25.8 Å². The molecule has 1 aliphatic carbocycles. The topological polar surface area (TPSA) is 55.1 Å². The SMILES string of the molecule is C[C@H](NC(=O)c1ccc2noc(-c3ccccc3)c2c1)C1CC1. The van der Waals surface area contributed by atoms with Gasteiger partial charge in [0.1, 0.15) is 5.52 Å². The summed E-state index contributed by atoms with van der Waals surface area (Å²) >= 11 is 0. The van der Waals surface area contributed by atoms with Gasteiger partial charge in [0.15, 0.2) is 5.76 Å². The van der Waals surface area contributed by atoms with Gasteiger partial charge in [0, 0.05) is 17.2 Å². The number of nitrogens with one attached hydrogen (secondary N) is 1. The molecule has 0 aliphatic heterocycles. The van der Waals surface area contributed by atoms with Crippen LogP contribution in [0.2, 0.25) is 0 Å². The number of fused-ring (bicyclic) bond motifs is 1. The summed E-state index contributed by atoms with van der Waals surface area (Å²) in [6, 6.07) is 15.5. The Bertz CT molecular complexity index is 850. The van der Waals surface area contributed by atoms with Crippen molar-refractivity contribution in [3.8, 4) is 11.3 Å². The molecule has 1 heterocycles. The molecule has 0 unspecified atom stereocenters. The van der Waals surface area contributed by atoms with Crippen LogP contribution >= 0.6 is 0 Å². The summed E-state index contributed by atoms with van der Waals surface area (Å²) in [6.45, 7) is 2.07. The zero-order chi connectivity index (χ0) is 15.8. The number of amides is 1. The number of rotatable bonds is 4. The van der Waals surface area contributed by atoms with Crippen molar-refractivity contribution < 1.29 is 9.32 Å². The lowest BCUT2D eigenvalue weighted by atomic mass is 10.1. The molecule has 0 radical (unpaired) electrons. The number of aromatic nitrogens is 1. The molecule has 0 spiro atoms. The monoisotopic (exact) mass is 306 g/mol. The minimum Gasteiger partial charge on any atom is -0.355 e. The molecule has 1 saturated carbocycles.